The van der Waals surface area contributed by atoms with Crippen molar-refractivity contribution in [3.63, 3.8) is 0 Å². The Morgan fingerprint density at radius 2 is 1.38 bits per heavy atom. The van der Waals surface area contributed by atoms with Crippen LogP contribution in [-0.2, 0) is 12.7 Å². The fraction of sp³-hybridized carbons (Fsp3) is 0.296. The van der Waals surface area contributed by atoms with Gasteiger partial charge in [0.05, 0.1) is 17.2 Å². The van der Waals surface area contributed by atoms with Crippen molar-refractivity contribution in [3.8, 4) is 6.07 Å². The number of rotatable bonds is 7. The highest BCUT2D eigenvalue weighted by atomic mass is 19.4. The minimum atomic E-state index is -5.10. The molecular formula is C27H23F9N6. The summed E-state index contributed by atoms with van der Waals surface area (Å²) in [6.07, 6.45) is -14.9. The SMILES string of the molecule is CN1NC(NCc2cc(C(F)(F)F)ccc2C#N)(C(c2ccccc2)C(F)(F)F)NN1C(c1ccccc1)C(F)(F)F. The van der Waals surface area contributed by atoms with E-state index in [9.17, 15) is 44.8 Å². The second-order valence-electron chi connectivity index (χ2n) is 9.47. The van der Waals surface area contributed by atoms with Crippen molar-refractivity contribution < 1.29 is 39.5 Å². The van der Waals surface area contributed by atoms with E-state index in [1.165, 1.54) is 36.4 Å². The van der Waals surface area contributed by atoms with E-state index >= 15 is 0 Å². The Labute approximate surface area is 234 Å². The first-order chi connectivity index (χ1) is 19.6. The van der Waals surface area contributed by atoms with Crippen molar-refractivity contribution in [1.82, 2.24) is 26.4 Å². The van der Waals surface area contributed by atoms with Crippen LogP contribution >= 0.6 is 0 Å². The molecular weight excluding hydrogens is 579 g/mol. The average Bonchev–Trinajstić information content (AvgIpc) is 3.22. The number of halogens is 9. The van der Waals surface area contributed by atoms with Crippen LogP contribution in [0.2, 0.25) is 0 Å². The number of nitriles is 1. The van der Waals surface area contributed by atoms with E-state index in [-0.39, 0.29) is 22.3 Å². The average molecular weight is 603 g/mol. The van der Waals surface area contributed by atoms with Crippen molar-refractivity contribution in [3.05, 3.63) is 107 Å². The van der Waals surface area contributed by atoms with Gasteiger partial charge in [0.15, 0.2) is 11.8 Å². The first kappa shape index (κ1) is 31.3. The molecule has 15 heteroatoms. The van der Waals surface area contributed by atoms with Gasteiger partial charge < -0.3 is 0 Å². The van der Waals surface area contributed by atoms with E-state index < -0.39 is 48.4 Å². The minimum Gasteiger partial charge on any atom is -0.280 e. The first-order valence-electron chi connectivity index (χ1n) is 12.2. The molecule has 0 amide bonds. The zero-order chi connectivity index (χ0) is 30.9. The summed E-state index contributed by atoms with van der Waals surface area (Å²) in [5.74, 6) is -5.26. The second-order valence-corrected chi connectivity index (χ2v) is 9.47. The second kappa shape index (κ2) is 11.5. The lowest BCUT2D eigenvalue weighted by atomic mass is 9.90. The van der Waals surface area contributed by atoms with E-state index in [1.807, 2.05) is 0 Å². The van der Waals surface area contributed by atoms with Crippen molar-refractivity contribution in [2.75, 3.05) is 7.05 Å². The van der Waals surface area contributed by atoms with Crippen LogP contribution < -0.4 is 16.2 Å². The third kappa shape index (κ3) is 6.53. The molecule has 4 rings (SSSR count). The zero-order valence-electron chi connectivity index (χ0n) is 21.6. The zero-order valence-corrected chi connectivity index (χ0v) is 21.6. The van der Waals surface area contributed by atoms with Crippen LogP contribution in [0.15, 0.2) is 78.9 Å². The highest BCUT2D eigenvalue weighted by Gasteiger charge is 2.61. The maximum atomic E-state index is 14.8. The van der Waals surface area contributed by atoms with E-state index in [0.29, 0.717) is 22.4 Å². The molecule has 1 saturated heterocycles. The fourth-order valence-corrected chi connectivity index (χ4v) is 4.83. The minimum absolute atomic E-state index is 0.269. The van der Waals surface area contributed by atoms with Gasteiger partial charge >= 0.3 is 18.5 Å². The summed E-state index contributed by atoms with van der Waals surface area (Å²) in [4.78, 5) is 0. The maximum Gasteiger partial charge on any atom is 0.416 e. The van der Waals surface area contributed by atoms with E-state index in [2.05, 4.69) is 16.2 Å². The number of nitrogens with one attached hydrogen (secondary N) is 3. The van der Waals surface area contributed by atoms with E-state index in [0.717, 1.165) is 37.4 Å². The molecule has 3 atom stereocenters. The van der Waals surface area contributed by atoms with Gasteiger partial charge in [-0.05, 0) is 34.9 Å². The highest BCUT2D eigenvalue weighted by Crippen LogP contribution is 2.45. The van der Waals surface area contributed by atoms with Gasteiger partial charge in [-0.25, -0.2) is 10.9 Å². The van der Waals surface area contributed by atoms with Gasteiger partial charge in [0.2, 0.25) is 0 Å². The Bertz CT molecular complexity index is 1400. The summed E-state index contributed by atoms with van der Waals surface area (Å²) in [6.45, 7) is -0.768. The summed E-state index contributed by atoms with van der Waals surface area (Å²) >= 11 is 0. The van der Waals surface area contributed by atoms with Gasteiger partial charge in [0.25, 0.3) is 0 Å². The molecule has 6 nitrogen and oxygen atoms in total. The van der Waals surface area contributed by atoms with Gasteiger partial charge in [0, 0.05) is 13.6 Å². The number of hydrogen-bond acceptors (Lipinski definition) is 6. The monoisotopic (exact) mass is 602 g/mol. The van der Waals surface area contributed by atoms with Crippen LogP contribution in [0.1, 0.15) is 39.8 Å². The standard InChI is InChI=1S/C27H23F9N6/c1-41-39-27(22(25(31,32)33)17-8-4-2-5-9-17,38-16-20-14-21(24(28,29)30)13-12-19(20)15-37)40-42(41)23(26(34,35)36)18-10-6-3-7-11-18/h2-14,22-23,38-40H,16H2,1H3. The van der Waals surface area contributed by atoms with Crippen LogP contribution in [0.25, 0.3) is 0 Å². The summed E-state index contributed by atoms with van der Waals surface area (Å²) in [7, 11) is 1.06. The summed E-state index contributed by atoms with van der Waals surface area (Å²) < 4.78 is 128. The van der Waals surface area contributed by atoms with Gasteiger partial charge in [-0.1, -0.05) is 60.7 Å². The molecule has 3 aromatic rings. The number of hydrazine groups is 3. The molecule has 0 aromatic heterocycles. The Morgan fingerprint density at radius 3 is 1.88 bits per heavy atom. The van der Waals surface area contributed by atoms with Crippen LogP contribution in [0.4, 0.5) is 39.5 Å². The van der Waals surface area contributed by atoms with E-state index in [4.69, 9.17) is 0 Å². The quantitative estimate of drug-likeness (QED) is 0.283. The molecule has 3 unspecified atom stereocenters. The molecule has 42 heavy (non-hydrogen) atoms. The topological polar surface area (TPSA) is 66.4 Å². The Balaban J connectivity index is 1.84. The molecule has 0 saturated carbocycles. The highest BCUT2D eigenvalue weighted by molar-refractivity contribution is 5.41. The Morgan fingerprint density at radius 1 is 0.810 bits per heavy atom. The Hall–Kier alpha value is -3.68. The molecule has 1 heterocycles. The summed E-state index contributed by atoms with van der Waals surface area (Å²) in [5.41, 5.74) is 2.32. The summed E-state index contributed by atoms with van der Waals surface area (Å²) in [6, 6.07) is 14.1. The predicted molar refractivity (Wildman–Crippen MR) is 132 cm³/mol. The summed E-state index contributed by atoms with van der Waals surface area (Å²) in [5, 5.41) is 13.0. The van der Waals surface area contributed by atoms with Gasteiger partial charge in [-0.2, -0.15) is 49.9 Å². The molecule has 3 aromatic carbocycles. The van der Waals surface area contributed by atoms with Crippen LogP contribution in [-0.4, -0.2) is 35.4 Å². The first-order valence-corrected chi connectivity index (χ1v) is 12.2. The lowest BCUT2D eigenvalue weighted by Crippen LogP contribution is -2.68. The largest absolute Gasteiger partial charge is 0.416 e. The third-order valence-electron chi connectivity index (χ3n) is 6.63. The van der Waals surface area contributed by atoms with Gasteiger partial charge in [-0.3, -0.25) is 5.32 Å². The van der Waals surface area contributed by atoms with Crippen molar-refractivity contribution in [2.24, 2.45) is 0 Å². The molecule has 1 fully saturated rings. The van der Waals surface area contributed by atoms with Crippen molar-refractivity contribution >= 4 is 0 Å². The van der Waals surface area contributed by atoms with Crippen molar-refractivity contribution in [1.29, 1.82) is 5.26 Å². The lowest BCUT2D eigenvalue weighted by Gasteiger charge is -2.39. The Kier molecular flexibility index (Phi) is 8.59. The van der Waals surface area contributed by atoms with Crippen LogP contribution in [0.5, 0.6) is 0 Å². The van der Waals surface area contributed by atoms with Gasteiger partial charge in [-0.15, -0.1) is 5.12 Å². The molecule has 0 aliphatic carbocycles. The number of alkyl halides is 9. The fourth-order valence-electron chi connectivity index (χ4n) is 4.83. The lowest BCUT2D eigenvalue weighted by molar-refractivity contribution is -0.230. The molecule has 0 spiro atoms. The van der Waals surface area contributed by atoms with Crippen LogP contribution in [0, 0.1) is 11.3 Å². The number of nitrogens with zero attached hydrogens (tertiary/aromatic N) is 3. The van der Waals surface area contributed by atoms with E-state index in [1.54, 1.807) is 6.07 Å². The van der Waals surface area contributed by atoms with Crippen LogP contribution in [0.3, 0.4) is 0 Å². The molecule has 224 valence electrons. The van der Waals surface area contributed by atoms with Crippen molar-refractivity contribution in [2.45, 2.75) is 42.8 Å². The van der Waals surface area contributed by atoms with Gasteiger partial charge in [0.1, 0.15) is 5.92 Å². The smallest absolute Gasteiger partial charge is 0.280 e. The predicted octanol–water partition coefficient (Wildman–Crippen LogP) is 6.14. The number of benzene rings is 3. The molecule has 0 radical (unpaired) electrons. The third-order valence-corrected chi connectivity index (χ3v) is 6.63. The molecule has 1 aliphatic heterocycles. The normalized spacial score (nSPS) is 20.3. The molecule has 3 N–H and O–H groups in total. The number of hydrogen-bond donors (Lipinski definition) is 3. The maximum absolute atomic E-state index is 14.8. The molecule has 1 aliphatic rings. The molecule has 0 bridgehead atoms.